The fraction of sp³-hybridized carbons (Fsp3) is 0.667. The number of allylic oxidation sites excluding steroid dienone is 1. The van der Waals surface area contributed by atoms with Crippen molar-refractivity contribution in [2.24, 2.45) is 0 Å². The van der Waals surface area contributed by atoms with Crippen molar-refractivity contribution in [1.29, 1.82) is 0 Å². The molecule has 1 N–H and O–H groups in total. The van der Waals surface area contributed by atoms with Gasteiger partial charge in [0.05, 0.1) is 6.61 Å². The lowest BCUT2D eigenvalue weighted by Crippen LogP contribution is -1.95. The van der Waals surface area contributed by atoms with E-state index in [-0.39, 0.29) is 12.4 Å². The van der Waals surface area contributed by atoms with Gasteiger partial charge in [-0.25, -0.2) is 0 Å². The van der Waals surface area contributed by atoms with E-state index in [1.165, 1.54) is 0 Å². The summed E-state index contributed by atoms with van der Waals surface area (Å²) in [4.78, 5) is 10.8. The molecule has 0 aliphatic rings. The fourth-order valence-electron chi connectivity index (χ4n) is 0.771. The number of carbonyl (C=O) groups is 1. The highest BCUT2D eigenvalue weighted by atomic mass is 16.2. The van der Waals surface area contributed by atoms with Crippen LogP contribution in [0.1, 0.15) is 33.1 Å². The predicted octanol–water partition coefficient (Wildman–Crippen LogP) is 1.68. The quantitative estimate of drug-likeness (QED) is 0.615. The molecule has 0 atom stereocenters. The Labute approximate surface area is 67.9 Å². The number of carbonyl (C=O) groups excluding carboxylic acids is 1. The van der Waals surface area contributed by atoms with Gasteiger partial charge in [-0.2, -0.15) is 0 Å². The van der Waals surface area contributed by atoms with Crippen molar-refractivity contribution in [2.45, 2.75) is 33.1 Å². The van der Waals surface area contributed by atoms with Gasteiger partial charge in [0.2, 0.25) is 0 Å². The van der Waals surface area contributed by atoms with Crippen LogP contribution >= 0.6 is 0 Å². The molecule has 0 bridgehead atoms. The van der Waals surface area contributed by atoms with E-state index in [2.05, 4.69) is 0 Å². The van der Waals surface area contributed by atoms with Crippen molar-refractivity contribution >= 4 is 5.78 Å². The first kappa shape index (κ1) is 10.4. The number of hydrogen-bond acceptors (Lipinski definition) is 2. The van der Waals surface area contributed by atoms with Crippen LogP contribution in [-0.2, 0) is 4.79 Å². The van der Waals surface area contributed by atoms with Gasteiger partial charge in [-0.05, 0) is 13.3 Å². The highest BCUT2D eigenvalue weighted by Crippen LogP contribution is 2.04. The number of hydrogen-bond donors (Lipinski definition) is 1. The van der Waals surface area contributed by atoms with Crippen LogP contribution < -0.4 is 0 Å². The molecule has 0 saturated carbocycles. The summed E-state index contributed by atoms with van der Waals surface area (Å²) in [5.74, 6) is 0.288. The SMILES string of the molecule is CCC(=O)CCC(C)=CCO. The monoisotopic (exact) mass is 156 g/mol. The molecule has 2 heteroatoms. The molecule has 0 saturated heterocycles. The van der Waals surface area contributed by atoms with Crippen LogP contribution in [0.15, 0.2) is 11.6 Å². The minimum atomic E-state index is 0.0755. The molecule has 0 aliphatic carbocycles. The number of aliphatic hydroxyl groups is 1. The maximum atomic E-state index is 10.8. The lowest BCUT2D eigenvalue weighted by Gasteiger charge is -1.97. The maximum absolute atomic E-state index is 10.8. The Hall–Kier alpha value is -0.630. The zero-order chi connectivity index (χ0) is 8.69. The molecule has 0 amide bonds. The Balaban J connectivity index is 3.53. The zero-order valence-electron chi connectivity index (χ0n) is 7.26. The molecular formula is C9H16O2. The molecule has 0 spiro atoms. The summed E-state index contributed by atoms with van der Waals surface area (Å²) >= 11 is 0. The second kappa shape index (κ2) is 6.10. The molecule has 64 valence electrons. The van der Waals surface area contributed by atoms with Crippen molar-refractivity contribution < 1.29 is 9.90 Å². The summed E-state index contributed by atoms with van der Waals surface area (Å²) < 4.78 is 0. The van der Waals surface area contributed by atoms with Crippen LogP contribution in [0.4, 0.5) is 0 Å². The Morgan fingerprint density at radius 1 is 1.45 bits per heavy atom. The normalized spacial score (nSPS) is 11.7. The molecule has 0 aliphatic heterocycles. The highest BCUT2D eigenvalue weighted by molar-refractivity contribution is 5.78. The second-order valence-electron chi connectivity index (χ2n) is 2.63. The summed E-state index contributed by atoms with van der Waals surface area (Å²) in [5.41, 5.74) is 1.09. The first-order valence-corrected chi connectivity index (χ1v) is 3.99. The van der Waals surface area contributed by atoms with E-state index in [4.69, 9.17) is 5.11 Å². The van der Waals surface area contributed by atoms with E-state index in [1.54, 1.807) is 6.08 Å². The topological polar surface area (TPSA) is 37.3 Å². The van der Waals surface area contributed by atoms with Crippen molar-refractivity contribution in [3.05, 3.63) is 11.6 Å². The van der Waals surface area contributed by atoms with Crippen LogP contribution in [0.25, 0.3) is 0 Å². The van der Waals surface area contributed by atoms with Gasteiger partial charge in [0.15, 0.2) is 0 Å². The van der Waals surface area contributed by atoms with E-state index < -0.39 is 0 Å². The first-order chi connectivity index (χ1) is 5.20. The van der Waals surface area contributed by atoms with Crippen molar-refractivity contribution in [3.63, 3.8) is 0 Å². The number of ketones is 1. The molecule has 0 aromatic rings. The van der Waals surface area contributed by atoms with E-state index in [1.807, 2.05) is 13.8 Å². The van der Waals surface area contributed by atoms with E-state index in [0.29, 0.717) is 12.8 Å². The van der Waals surface area contributed by atoms with Crippen LogP contribution in [0.3, 0.4) is 0 Å². The van der Waals surface area contributed by atoms with Crippen LogP contribution in [0.5, 0.6) is 0 Å². The van der Waals surface area contributed by atoms with Gasteiger partial charge in [0, 0.05) is 12.8 Å². The third-order valence-corrected chi connectivity index (χ3v) is 1.63. The van der Waals surface area contributed by atoms with Gasteiger partial charge in [-0.1, -0.05) is 18.6 Å². The smallest absolute Gasteiger partial charge is 0.132 e. The Bertz CT molecular complexity index is 148. The average Bonchev–Trinajstić information content (AvgIpc) is 2.01. The van der Waals surface area contributed by atoms with E-state index >= 15 is 0 Å². The number of rotatable bonds is 5. The zero-order valence-corrected chi connectivity index (χ0v) is 7.26. The second-order valence-corrected chi connectivity index (χ2v) is 2.63. The predicted molar refractivity (Wildman–Crippen MR) is 45.4 cm³/mol. The largest absolute Gasteiger partial charge is 0.392 e. The number of aliphatic hydroxyl groups excluding tert-OH is 1. The minimum absolute atomic E-state index is 0.0755. The third-order valence-electron chi connectivity index (χ3n) is 1.63. The number of Topliss-reactive ketones (excluding diaryl/α,β-unsaturated/α-hetero) is 1. The third kappa shape index (κ3) is 5.80. The van der Waals surface area contributed by atoms with Crippen LogP contribution in [-0.4, -0.2) is 17.5 Å². The van der Waals surface area contributed by atoms with Crippen LogP contribution in [0.2, 0.25) is 0 Å². The molecule has 2 nitrogen and oxygen atoms in total. The van der Waals surface area contributed by atoms with Crippen LogP contribution in [0, 0.1) is 0 Å². The van der Waals surface area contributed by atoms with Gasteiger partial charge in [-0.15, -0.1) is 0 Å². The van der Waals surface area contributed by atoms with Gasteiger partial charge in [-0.3, -0.25) is 4.79 Å². The van der Waals surface area contributed by atoms with E-state index in [9.17, 15) is 4.79 Å². The van der Waals surface area contributed by atoms with Gasteiger partial charge >= 0.3 is 0 Å². The summed E-state index contributed by atoms with van der Waals surface area (Å²) in [7, 11) is 0. The Morgan fingerprint density at radius 2 is 2.09 bits per heavy atom. The van der Waals surface area contributed by atoms with E-state index in [0.717, 1.165) is 12.0 Å². The lowest BCUT2D eigenvalue weighted by molar-refractivity contribution is -0.118. The summed E-state index contributed by atoms with van der Waals surface area (Å²) in [6.07, 6.45) is 3.75. The van der Waals surface area contributed by atoms with Gasteiger partial charge in [0.1, 0.15) is 5.78 Å². The molecular weight excluding hydrogens is 140 g/mol. The summed E-state index contributed by atoms with van der Waals surface area (Å²) in [5, 5.41) is 8.50. The Morgan fingerprint density at radius 3 is 2.55 bits per heavy atom. The molecule has 11 heavy (non-hydrogen) atoms. The molecule has 0 rings (SSSR count). The maximum Gasteiger partial charge on any atom is 0.132 e. The summed E-state index contributed by atoms with van der Waals surface area (Å²) in [6.45, 7) is 3.87. The molecule has 0 heterocycles. The Kier molecular flexibility index (Phi) is 5.75. The molecule has 0 unspecified atom stereocenters. The standard InChI is InChI=1S/C9H16O2/c1-3-9(11)5-4-8(2)6-7-10/h6,10H,3-5,7H2,1-2H3. The van der Waals surface area contributed by atoms with Crippen molar-refractivity contribution in [1.82, 2.24) is 0 Å². The molecule has 0 aromatic heterocycles. The van der Waals surface area contributed by atoms with Gasteiger partial charge < -0.3 is 5.11 Å². The summed E-state index contributed by atoms with van der Waals surface area (Å²) in [6, 6.07) is 0. The molecule has 0 aromatic carbocycles. The molecule has 0 fully saturated rings. The molecule has 0 radical (unpaired) electrons. The van der Waals surface area contributed by atoms with Gasteiger partial charge in [0.25, 0.3) is 0 Å². The lowest BCUT2D eigenvalue weighted by atomic mass is 10.1. The first-order valence-electron chi connectivity index (χ1n) is 3.99. The van der Waals surface area contributed by atoms with Crippen molar-refractivity contribution in [2.75, 3.05) is 6.61 Å². The fourth-order valence-corrected chi connectivity index (χ4v) is 0.771. The highest BCUT2D eigenvalue weighted by Gasteiger charge is 1.97. The van der Waals surface area contributed by atoms with Crippen molar-refractivity contribution in [3.8, 4) is 0 Å². The minimum Gasteiger partial charge on any atom is -0.392 e. The average molecular weight is 156 g/mol.